The Morgan fingerprint density at radius 2 is 2.00 bits per heavy atom. The molecule has 164 valence electrons. The molecule has 2 aliphatic heterocycles. The highest BCUT2D eigenvalue weighted by molar-refractivity contribution is 5.81. The van der Waals surface area contributed by atoms with Gasteiger partial charge in [0.25, 0.3) is 5.56 Å². The van der Waals surface area contributed by atoms with Gasteiger partial charge in [-0.2, -0.15) is 0 Å². The van der Waals surface area contributed by atoms with E-state index in [0.29, 0.717) is 12.1 Å². The maximum absolute atomic E-state index is 13.5. The molecule has 1 aromatic heterocycles. The number of allylic oxidation sites excluding steroid dienone is 1. The molecule has 2 N–H and O–H groups in total. The van der Waals surface area contributed by atoms with Crippen LogP contribution in [0.1, 0.15) is 49.7 Å². The summed E-state index contributed by atoms with van der Waals surface area (Å²) in [6.45, 7) is 7.11. The van der Waals surface area contributed by atoms with Crippen molar-refractivity contribution >= 4 is 12.0 Å². The minimum absolute atomic E-state index is 0.0308. The Morgan fingerprint density at radius 3 is 2.65 bits per heavy atom. The third-order valence-electron chi connectivity index (χ3n) is 6.87. The fraction of sp³-hybridized carbons (Fsp3) is 0.440. The van der Waals surface area contributed by atoms with Crippen molar-refractivity contribution in [1.82, 2.24) is 14.8 Å². The lowest BCUT2D eigenvalue weighted by atomic mass is 9.86. The van der Waals surface area contributed by atoms with E-state index in [9.17, 15) is 14.7 Å². The number of nitrogens with zero attached hydrogens (tertiary/aromatic N) is 2. The number of carbonyl (C=O) groups excluding carboxylic acids is 1. The van der Waals surface area contributed by atoms with E-state index in [1.54, 1.807) is 0 Å². The zero-order chi connectivity index (χ0) is 22.1. The molecule has 1 fully saturated rings. The molecule has 0 unspecified atom stereocenters. The van der Waals surface area contributed by atoms with E-state index in [1.165, 1.54) is 0 Å². The first-order chi connectivity index (χ1) is 15.0. The van der Waals surface area contributed by atoms with Gasteiger partial charge in [-0.15, -0.1) is 0 Å². The van der Waals surface area contributed by atoms with Gasteiger partial charge in [-0.1, -0.05) is 49.4 Å². The molecule has 0 radical (unpaired) electrons. The fourth-order valence-corrected chi connectivity index (χ4v) is 5.41. The summed E-state index contributed by atoms with van der Waals surface area (Å²) in [7, 11) is 0. The molecule has 2 aliphatic rings. The second-order valence-electron chi connectivity index (χ2n) is 8.49. The Kier molecular flexibility index (Phi) is 6.12. The summed E-state index contributed by atoms with van der Waals surface area (Å²) in [5.41, 5.74) is 2.52. The minimum atomic E-state index is -0.415. The van der Waals surface area contributed by atoms with Gasteiger partial charge in [0.1, 0.15) is 0 Å². The van der Waals surface area contributed by atoms with E-state index in [4.69, 9.17) is 0 Å². The van der Waals surface area contributed by atoms with Crippen LogP contribution in [0.15, 0.2) is 53.3 Å². The predicted molar refractivity (Wildman–Crippen MR) is 121 cm³/mol. The van der Waals surface area contributed by atoms with Crippen LogP contribution in [0.3, 0.4) is 0 Å². The van der Waals surface area contributed by atoms with Crippen molar-refractivity contribution in [3.63, 3.8) is 0 Å². The summed E-state index contributed by atoms with van der Waals surface area (Å²) < 4.78 is 1.81. The average Bonchev–Trinajstić information content (AvgIpc) is 3.02. The summed E-state index contributed by atoms with van der Waals surface area (Å²) in [4.78, 5) is 28.9. The lowest BCUT2D eigenvalue weighted by Crippen LogP contribution is -2.46. The summed E-state index contributed by atoms with van der Waals surface area (Å²) in [6, 6.07) is 13.3. The molecule has 0 saturated carbocycles. The van der Waals surface area contributed by atoms with E-state index < -0.39 is 5.92 Å². The van der Waals surface area contributed by atoms with Crippen molar-refractivity contribution in [2.45, 2.75) is 45.4 Å². The van der Waals surface area contributed by atoms with Crippen LogP contribution in [0.5, 0.6) is 0 Å². The predicted octanol–water partition coefficient (Wildman–Crippen LogP) is 2.74. The third kappa shape index (κ3) is 3.64. The van der Waals surface area contributed by atoms with Crippen molar-refractivity contribution < 1.29 is 9.90 Å². The van der Waals surface area contributed by atoms with E-state index in [0.717, 1.165) is 17.8 Å². The highest BCUT2D eigenvalue weighted by Gasteiger charge is 2.55. The first-order valence-electron chi connectivity index (χ1n) is 11.1. The Morgan fingerprint density at radius 1 is 1.26 bits per heavy atom. The topological polar surface area (TPSA) is 74.6 Å². The van der Waals surface area contributed by atoms with Crippen molar-refractivity contribution in [2.75, 3.05) is 13.2 Å². The Labute approximate surface area is 183 Å². The van der Waals surface area contributed by atoms with Crippen molar-refractivity contribution in [3.8, 4) is 0 Å². The number of benzene rings is 1. The van der Waals surface area contributed by atoms with E-state index in [-0.39, 0.29) is 42.1 Å². The van der Waals surface area contributed by atoms with Gasteiger partial charge in [-0.3, -0.25) is 14.5 Å². The average molecular weight is 422 g/mol. The Hall–Kier alpha value is -2.70. The van der Waals surface area contributed by atoms with Gasteiger partial charge in [0.05, 0.1) is 18.0 Å². The second kappa shape index (κ2) is 8.81. The number of carbonyl (C=O) groups is 1. The molecule has 0 aliphatic carbocycles. The number of rotatable bonds is 6. The molecule has 31 heavy (non-hydrogen) atoms. The molecule has 5 atom stereocenters. The number of pyridine rings is 1. The minimum Gasteiger partial charge on any atom is -0.396 e. The number of aliphatic hydroxyl groups is 1. The van der Waals surface area contributed by atoms with E-state index in [2.05, 4.69) is 17.1 Å². The lowest BCUT2D eigenvalue weighted by Gasteiger charge is -2.37. The monoisotopic (exact) mass is 421 g/mol. The molecule has 0 spiro atoms. The van der Waals surface area contributed by atoms with Gasteiger partial charge in [0.15, 0.2) is 0 Å². The number of aliphatic hydroxyl groups excluding tert-OH is 1. The Balaban J connectivity index is 1.72. The maximum atomic E-state index is 13.5. The van der Waals surface area contributed by atoms with Gasteiger partial charge >= 0.3 is 0 Å². The SMILES string of the molecule is C/C=C/c1ccc2n(c1=O)C[C@@H]1[C@@H](CO)[C@H](C(=O)N[C@@H](C)c3ccccc3)[C@H]2N1CC. The number of aromatic nitrogens is 1. The number of hydrogen-bond donors (Lipinski definition) is 2. The second-order valence-corrected chi connectivity index (χ2v) is 8.49. The van der Waals surface area contributed by atoms with Gasteiger partial charge < -0.3 is 15.0 Å². The van der Waals surface area contributed by atoms with Gasteiger partial charge in [-0.05, 0) is 38.1 Å². The molecule has 1 aromatic carbocycles. The smallest absolute Gasteiger partial charge is 0.258 e. The molecule has 2 aromatic rings. The molecule has 2 bridgehead atoms. The van der Waals surface area contributed by atoms with Crippen molar-refractivity contribution in [2.24, 2.45) is 11.8 Å². The quantitative estimate of drug-likeness (QED) is 0.752. The van der Waals surface area contributed by atoms with Crippen molar-refractivity contribution in [3.05, 3.63) is 75.7 Å². The summed E-state index contributed by atoms with van der Waals surface area (Å²) in [5, 5.41) is 13.4. The summed E-state index contributed by atoms with van der Waals surface area (Å²) in [5.74, 6) is -0.709. The van der Waals surface area contributed by atoms with Gasteiger partial charge in [0, 0.05) is 36.4 Å². The van der Waals surface area contributed by atoms with Crippen LogP contribution in [0, 0.1) is 11.8 Å². The molecule has 6 heteroatoms. The molecule has 1 amide bonds. The van der Waals surface area contributed by atoms with Crippen molar-refractivity contribution in [1.29, 1.82) is 0 Å². The largest absolute Gasteiger partial charge is 0.396 e. The van der Waals surface area contributed by atoms with E-state index in [1.807, 2.05) is 73.0 Å². The zero-order valence-corrected chi connectivity index (χ0v) is 18.4. The summed E-state index contributed by atoms with van der Waals surface area (Å²) >= 11 is 0. The van der Waals surface area contributed by atoms with E-state index >= 15 is 0 Å². The van der Waals surface area contributed by atoms with Gasteiger partial charge in [0.2, 0.25) is 5.91 Å². The molecular formula is C25H31N3O3. The highest BCUT2D eigenvalue weighted by atomic mass is 16.3. The number of likely N-dealkylation sites (N-methyl/N-ethyl adjacent to an activating group) is 1. The normalized spacial score (nSPS) is 26.1. The maximum Gasteiger partial charge on any atom is 0.258 e. The third-order valence-corrected chi connectivity index (χ3v) is 6.87. The molecular weight excluding hydrogens is 390 g/mol. The van der Waals surface area contributed by atoms with Crippen LogP contribution in [-0.4, -0.2) is 39.7 Å². The first kappa shape index (κ1) is 21.5. The van der Waals surface area contributed by atoms with Crippen LogP contribution in [-0.2, 0) is 11.3 Å². The number of amides is 1. The first-order valence-corrected chi connectivity index (χ1v) is 11.1. The van der Waals surface area contributed by atoms with Gasteiger partial charge in [-0.25, -0.2) is 0 Å². The Bertz CT molecular complexity index is 1030. The molecule has 3 heterocycles. The molecule has 6 nitrogen and oxygen atoms in total. The summed E-state index contributed by atoms with van der Waals surface area (Å²) in [6.07, 6.45) is 3.68. The number of nitrogens with one attached hydrogen (secondary N) is 1. The van der Waals surface area contributed by atoms with Crippen LogP contribution in [0.4, 0.5) is 0 Å². The fourth-order valence-electron chi connectivity index (χ4n) is 5.41. The standard InChI is InChI=1S/C25H31N3O3/c1-4-9-18-12-13-20-23-22(24(30)26-16(3)17-10-7-6-8-11-17)19(15-29)21(27(23)5-2)14-28(20)25(18)31/h4,6-13,16,19,21-23,29H,5,14-15H2,1-3H3,(H,26,30)/b9-4+/t16-,19+,21+,22-,23-/m0/s1. The van der Waals surface area contributed by atoms with Crippen LogP contribution in [0.25, 0.3) is 6.08 Å². The van der Waals surface area contributed by atoms with Crippen LogP contribution in [0.2, 0.25) is 0 Å². The van der Waals surface area contributed by atoms with Crippen LogP contribution < -0.4 is 10.9 Å². The molecule has 1 saturated heterocycles. The highest BCUT2D eigenvalue weighted by Crippen LogP contribution is 2.48. The zero-order valence-electron chi connectivity index (χ0n) is 18.4. The lowest BCUT2D eigenvalue weighted by molar-refractivity contribution is -0.128. The van der Waals surface area contributed by atoms with Crippen LogP contribution >= 0.6 is 0 Å². The number of fused-ring (bicyclic) bond motifs is 4. The number of hydrogen-bond acceptors (Lipinski definition) is 4. The molecule has 4 rings (SSSR count).